The van der Waals surface area contributed by atoms with Crippen LogP contribution in [0, 0.1) is 0 Å². The predicted molar refractivity (Wildman–Crippen MR) is 109 cm³/mol. The van der Waals surface area contributed by atoms with E-state index >= 15 is 0 Å². The molecule has 0 spiro atoms. The van der Waals surface area contributed by atoms with Crippen molar-refractivity contribution in [3.63, 3.8) is 0 Å². The molecule has 0 aromatic heterocycles. The highest BCUT2D eigenvalue weighted by atomic mass is 35.5. The van der Waals surface area contributed by atoms with Gasteiger partial charge in [-0.3, -0.25) is 9.59 Å². The maximum Gasteiger partial charge on any atom is 0.344 e. The normalized spacial score (nSPS) is 11.3. The molecule has 0 aliphatic rings. The fourth-order valence-corrected chi connectivity index (χ4v) is 2.55. The fraction of sp³-hybridized carbons (Fsp3) is 0.286. The number of rotatable bonds is 9. The molecule has 0 radical (unpaired) electrons. The van der Waals surface area contributed by atoms with Crippen LogP contribution in [0.5, 0.6) is 11.5 Å². The van der Waals surface area contributed by atoms with Crippen molar-refractivity contribution < 1.29 is 28.6 Å². The highest BCUT2D eigenvalue weighted by molar-refractivity contribution is 6.31. The Labute approximate surface area is 173 Å². The summed E-state index contributed by atoms with van der Waals surface area (Å²) < 4.78 is 15.6. The van der Waals surface area contributed by atoms with Gasteiger partial charge >= 0.3 is 5.97 Å². The first kappa shape index (κ1) is 22.2. The Bertz CT molecular complexity index is 881. The number of ether oxygens (including phenoxy) is 3. The molecule has 2 aromatic rings. The number of hydrogen-bond acceptors (Lipinski definition) is 6. The van der Waals surface area contributed by atoms with Crippen molar-refractivity contribution in [3.8, 4) is 11.5 Å². The fourth-order valence-electron chi connectivity index (χ4n) is 2.38. The molecular weight excluding hydrogens is 398 g/mol. The lowest BCUT2D eigenvalue weighted by Gasteiger charge is -2.15. The molecule has 2 rings (SSSR count). The molecule has 154 valence electrons. The SMILES string of the molecule is CCC(=O)c1ccc(OCC(=O)O[C@@H](C)C(=O)Nc2cc(Cl)ccc2OC)cc1. The monoisotopic (exact) mass is 419 g/mol. The van der Waals surface area contributed by atoms with Crippen molar-refractivity contribution in [1.82, 2.24) is 0 Å². The number of benzene rings is 2. The van der Waals surface area contributed by atoms with Crippen LogP contribution in [0.3, 0.4) is 0 Å². The van der Waals surface area contributed by atoms with Gasteiger partial charge in [0.25, 0.3) is 5.91 Å². The summed E-state index contributed by atoms with van der Waals surface area (Å²) in [6, 6.07) is 11.2. The van der Waals surface area contributed by atoms with Gasteiger partial charge in [-0.1, -0.05) is 18.5 Å². The molecule has 0 aliphatic heterocycles. The van der Waals surface area contributed by atoms with Gasteiger partial charge in [0.1, 0.15) is 11.5 Å². The molecular formula is C21H22ClNO6. The van der Waals surface area contributed by atoms with Crippen LogP contribution in [0.1, 0.15) is 30.6 Å². The number of halogens is 1. The Hall–Kier alpha value is -3.06. The molecule has 1 atom stereocenters. The van der Waals surface area contributed by atoms with Crippen molar-refractivity contribution in [2.45, 2.75) is 26.4 Å². The van der Waals surface area contributed by atoms with E-state index in [1.807, 2.05) is 0 Å². The molecule has 29 heavy (non-hydrogen) atoms. The third kappa shape index (κ3) is 6.50. The molecule has 0 heterocycles. The number of methoxy groups -OCH3 is 1. The summed E-state index contributed by atoms with van der Waals surface area (Å²) in [5.74, 6) is -0.391. The van der Waals surface area contributed by atoms with Gasteiger partial charge in [0.05, 0.1) is 12.8 Å². The van der Waals surface area contributed by atoms with Crippen LogP contribution in [-0.4, -0.2) is 37.5 Å². The van der Waals surface area contributed by atoms with Gasteiger partial charge in [0.15, 0.2) is 18.5 Å². The zero-order chi connectivity index (χ0) is 21.4. The third-order valence-corrected chi connectivity index (χ3v) is 4.19. The summed E-state index contributed by atoms with van der Waals surface area (Å²) in [4.78, 5) is 35.8. The minimum Gasteiger partial charge on any atom is -0.495 e. The minimum atomic E-state index is -1.06. The van der Waals surface area contributed by atoms with E-state index in [1.54, 1.807) is 43.3 Å². The maximum atomic E-state index is 12.3. The number of hydrogen-bond donors (Lipinski definition) is 1. The molecule has 7 nitrogen and oxygen atoms in total. The Morgan fingerprint density at radius 1 is 1.10 bits per heavy atom. The van der Waals surface area contributed by atoms with Crippen LogP contribution < -0.4 is 14.8 Å². The number of amides is 1. The first-order valence-corrected chi connectivity index (χ1v) is 9.31. The molecule has 2 aromatic carbocycles. The highest BCUT2D eigenvalue weighted by Gasteiger charge is 2.20. The van der Waals surface area contributed by atoms with Crippen LogP contribution in [-0.2, 0) is 14.3 Å². The molecule has 0 unspecified atom stereocenters. The Kier molecular flexibility index (Phi) is 8.03. The van der Waals surface area contributed by atoms with Crippen molar-refractivity contribution >= 4 is 34.9 Å². The van der Waals surface area contributed by atoms with Gasteiger partial charge in [0.2, 0.25) is 0 Å². The summed E-state index contributed by atoms with van der Waals surface area (Å²) in [6.45, 7) is 2.84. The second kappa shape index (κ2) is 10.5. The van der Waals surface area contributed by atoms with Crippen molar-refractivity contribution in [1.29, 1.82) is 0 Å². The molecule has 0 fully saturated rings. The van der Waals surface area contributed by atoms with Crippen LogP contribution in [0.4, 0.5) is 5.69 Å². The first-order valence-electron chi connectivity index (χ1n) is 8.94. The topological polar surface area (TPSA) is 90.9 Å². The molecule has 0 aliphatic carbocycles. The highest BCUT2D eigenvalue weighted by Crippen LogP contribution is 2.27. The number of carbonyl (C=O) groups excluding carboxylic acids is 3. The first-order chi connectivity index (χ1) is 13.8. The van der Waals surface area contributed by atoms with Gasteiger partial charge < -0.3 is 19.5 Å². The van der Waals surface area contributed by atoms with E-state index in [2.05, 4.69) is 5.32 Å². The molecule has 1 N–H and O–H groups in total. The summed E-state index contributed by atoms with van der Waals surface area (Å²) in [6.07, 6.45) is -0.646. The Balaban J connectivity index is 1.86. The minimum absolute atomic E-state index is 0.0205. The van der Waals surface area contributed by atoms with E-state index in [9.17, 15) is 14.4 Å². The molecule has 0 saturated carbocycles. The van der Waals surface area contributed by atoms with Gasteiger partial charge in [-0.15, -0.1) is 0 Å². The summed E-state index contributed by atoms with van der Waals surface area (Å²) in [7, 11) is 1.46. The second-order valence-electron chi connectivity index (χ2n) is 6.06. The number of esters is 1. The van der Waals surface area contributed by atoms with Crippen molar-refractivity contribution in [2.75, 3.05) is 19.0 Å². The average Bonchev–Trinajstić information content (AvgIpc) is 2.72. The Morgan fingerprint density at radius 2 is 1.79 bits per heavy atom. The van der Waals surface area contributed by atoms with E-state index < -0.39 is 18.0 Å². The standard InChI is InChI=1S/C21H22ClNO6/c1-4-18(24)14-5-8-16(9-6-14)28-12-20(25)29-13(2)21(26)23-17-11-15(22)7-10-19(17)27-3/h5-11,13H,4,12H2,1-3H3,(H,23,26)/t13-/m0/s1. The summed E-state index contributed by atoms with van der Waals surface area (Å²) >= 11 is 5.93. The van der Waals surface area contributed by atoms with E-state index in [4.69, 9.17) is 25.8 Å². The van der Waals surface area contributed by atoms with Gasteiger partial charge in [0, 0.05) is 17.0 Å². The molecule has 0 saturated heterocycles. The number of nitrogens with one attached hydrogen (secondary N) is 1. The summed E-state index contributed by atoms with van der Waals surface area (Å²) in [5.41, 5.74) is 0.940. The Morgan fingerprint density at radius 3 is 2.41 bits per heavy atom. The zero-order valence-electron chi connectivity index (χ0n) is 16.4. The van der Waals surface area contributed by atoms with Crippen LogP contribution in [0.2, 0.25) is 5.02 Å². The molecule has 0 bridgehead atoms. The lowest BCUT2D eigenvalue weighted by molar-refractivity contribution is -0.155. The molecule has 1 amide bonds. The van der Waals surface area contributed by atoms with Gasteiger partial charge in [-0.2, -0.15) is 0 Å². The van der Waals surface area contributed by atoms with Crippen LogP contribution in [0.15, 0.2) is 42.5 Å². The number of Topliss-reactive ketones (excluding diaryl/α,β-unsaturated/α-hetero) is 1. The quantitative estimate of drug-likeness (QED) is 0.489. The maximum absolute atomic E-state index is 12.3. The predicted octanol–water partition coefficient (Wildman–Crippen LogP) is 3.89. The van der Waals surface area contributed by atoms with Crippen molar-refractivity contribution in [2.24, 2.45) is 0 Å². The van der Waals surface area contributed by atoms with E-state index in [1.165, 1.54) is 20.1 Å². The largest absolute Gasteiger partial charge is 0.495 e. The van der Waals surface area contributed by atoms with Crippen LogP contribution >= 0.6 is 11.6 Å². The van der Waals surface area contributed by atoms with E-state index in [0.717, 1.165) is 0 Å². The summed E-state index contributed by atoms with van der Waals surface area (Å²) in [5, 5.41) is 3.03. The number of ketones is 1. The number of carbonyl (C=O) groups is 3. The third-order valence-electron chi connectivity index (χ3n) is 3.95. The van der Waals surface area contributed by atoms with Gasteiger partial charge in [-0.25, -0.2) is 4.79 Å². The van der Waals surface area contributed by atoms with Crippen molar-refractivity contribution in [3.05, 3.63) is 53.1 Å². The van der Waals surface area contributed by atoms with E-state index in [-0.39, 0.29) is 12.4 Å². The zero-order valence-corrected chi connectivity index (χ0v) is 17.1. The van der Waals surface area contributed by atoms with E-state index in [0.29, 0.717) is 34.2 Å². The second-order valence-corrected chi connectivity index (χ2v) is 6.49. The van der Waals surface area contributed by atoms with Gasteiger partial charge in [-0.05, 0) is 49.4 Å². The van der Waals surface area contributed by atoms with Crippen LogP contribution in [0.25, 0.3) is 0 Å². The number of anilines is 1. The smallest absolute Gasteiger partial charge is 0.344 e. The molecule has 8 heteroatoms. The lowest BCUT2D eigenvalue weighted by atomic mass is 10.1. The lowest BCUT2D eigenvalue weighted by Crippen LogP contribution is -2.31. The average molecular weight is 420 g/mol.